The molecule has 0 radical (unpaired) electrons. The third-order valence-corrected chi connectivity index (χ3v) is 7.18. The summed E-state index contributed by atoms with van der Waals surface area (Å²) in [6.07, 6.45) is 0.382. The standard InChI is InChI=1S/C32H36N4O4/c1-20-15-24(16-21(2)34-20)32(37,13-14-36(3)4)29(25-9-8-10-28(38-5)30(25)39-6)26-18-23-17-22(19-33)11-12-27(23)35-31(26)40-7/h8-12,15-18,29,37H,13-14H2,1-7H3. The minimum absolute atomic E-state index is 0.373. The first-order chi connectivity index (χ1) is 19.1. The zero-order valence-electron chi connectivity index (χ0n) is 24.1. The van der Waals surface area contributed by atoms with E-state index in [4.69, 9.17) is 19.2 Å². The summed E-state index contributed by atoms with van der Waals surface area (Å²) in [6, 6.07) is 19.0. The monoisotopic (exact) mass is 540 g/mol. The number of hydrogen-bond acceptors (Lipinski definition) is 8. The molecular formula is C32H36N4O4. The van der Waals surface area contributed by atoms with Crippen molar-refractivity contribution in [3.8, 4) is 23.4 Å². The van der Waals surface area contributed by atoms with E-state index >= 15 is 0 Å². The highest BCUT2D eigenvalue weighted by atomic mass is 16.5. The lowest BCUT2D eigenvalue weighted by atomic mass is 9.71. The average Bonchev–Trinajstić information content (AvgIpc) is 2.94. The lowest BCUT2D eigenvalue weighted by molar-refractivity contribution is 0.00297. The molecule has 0 saturated carbocycles. The van der Waals surface area contributed by atoms with Crippen molar-refractivity contribution in [3.05, 3.63) is 88.2 Å². The minimum Gasteiger partial charge on any atom is -0.493 e. The number of pyridine rings is 2. The molecule has 2 unspecified atom stereocenters. The number of aliphatic hydroxyl groups is 1. The third-order valence-electron chi connectivity index (χ3n) is 7.18. The van der Waals surface area contributed by atoms with Gasteiger partial charge in [0.05, 0.1) is 44.4 Å². The highest BCUT2D eigenvalue weighted by Crippen LogP contribution is 2.51. The van der Waals surface area contributed by atoms with Gasteiger partial charge in [0.25, 0.3) is 0 Å². The summed E-state index contributed by atoms with van der Waals surface area (Å²) in [5.74, 6) is 0.726. The second-order valence-electron chi connectivity index (χ2n) is 10.2. The van der Waals surface area contributed by atoms with E-state index in [9.17, 15) is 10.4 Å². The van der Waals surface area contributed by atoms with E-state index in [-0.39, 0.29) is 0 Å². The lowest BCUT2D eigenvalue weighted by Crippen LogP contribution is -2.38. The number of ether oxygens (including phenoxy) is 3. The van der Waals surface area contributed by atoms with Crippen molar-refractivity contribution < 1.29 is 19.3 Å². The number of rotatable bonds is 10. The number of nitrogens with zero attached hydrogens (tertiary/aromatic N) is 4. The summed E-state index contributed by atoms with van der Waals surface area (Å²) >= 11 is 0. The van der Waals surface area contributed by atoms with Gasteiger partial charge in [-0.1, -0.05) is 12.1 Å². The van der Waals surface area contributed by atoms with E-state index in [0.717, 1.165) is 22.3 Å². The molecule has 2 aromatic heterocycles. The molecule has 0 amide bonds. The van der Waals surface area contributed by atoms with Crippen LogP contribution in [-0.4, -0.2) is 61.9 Å². The minimum atomic E-state index is -1.45. The number of aryl methyl sites for hydroxylation is 2. The number of methoxy groups -OCH3 is 3. The maximum absolute atomic E-state index is 13.0. The highest BCUT2D eigenvalue weighted by Gasteiger charge is 2.44. The second kappa shape index (κ2) is 11.9. The fourth-order valence-electron chi connectivity index (χ4n) is 5.37. The van der Waals surface area contributed by atoms with Crippen LogP contribution < -0.4 is 14.2 Å². The Morgan fingerprint density at radius 2 is 1.65 bits per heavy atom. The first-order valence-electron chi connectivity index (χ1n) is 13.1. The topological polar surface area (TPSA) is 101 Å². The summed E-state index contributed by atoms with van der Waals surface area (Å²) < 4.78 is 17.4. The van der Waals surface area contributed by atoms with E-state index in [0.29, 0.717) is 52.6 Å². The fourth-order valence-corrected chi connectivity index (χ4v) is 5.37. The lowest BCUT2D eigenvalue weighted by Gasteiger charge is -2.39. The molecule has 208 valence electrons. The van der Waals surface area contributed by atoms with E-state index < -0.39 is 11.5 Å². The summed E-state index contributed by atoms with van der Waals surface area (Å²) in [5, 5.41) is 23.4. The first-order valence-corrected chi connectivity index (χ1v) is 13.1. The number of fused-ring (bicyclic) bond motifs is 1. The number of hydrogen-bond donors (Lipinski definition) is 1. The van der Waals surface area contributed by atoms with Crippen LogP contribution in [0.2, 0.25) is 0 Å². The molecule has 2 heterocycles. The van der Waals surface area contributed by atoms with Gasteiger partial charge < -0.3 is 24.2 Å². The second-order valence-corrected chi connectivity index (χ2v) is 10.2. The molecule has 4 rings (SSSR count). The summed E-state index contributed by atoms with van der Waals surface area (Å²) in [6.45, 7) is 4.44. The largest absolute Gasteiger partial charge is 0.493 e. The van der Waals surface area contributed by atoms with Crippen LogP contribution >= 0.6 is 0 Å². The SMILES string of the molecule is COc1cccc(C(c2cc3cc(C#N)ccc3nc2OC)C(O)(CCN(C)C)c2cc(C)nc(C)c2)c1OC. The van der Waals surface area contributed by atoms with Crippen LogP contribution in [0.5, 0.6) is 17.4 Å². The van der Waals surface area contributed by atoms with Crippen molar-refractivity contribution in [2.45, 2.75) is 31.8 Å². The van der Waals surface area contributed by atoms with Crippen LogP contribution in [0.4, 0.5) is 0 Å². The van der Waals surface area contributed by atoms with Gasteiger partial charge in [0.1, 0.15) is 5.60 Å². The number of aromatic nitrogens is 2. The molecule has 0 aliphatic heterocycles. The fraction of sp³-hybridized carbons (Fsp3) is 0.344. The quantitative estimate of drug-likeness (QED) is 0.296. The van der Waals surface area contributed by atoms with Gasteiger partial charge >= 0.3 is 0 Å². The van der Waals surface area contributed by atoms with Gasteiger partial charge in [0, 0.05) is 34.4 Å². The predicted molar refractivity (Wildman–Crippen MR) is 155 cm³/mol. The van der Waals surface area contributed by atoms with Gasteiger partial charge in [0.15, 0.2) is 11.5 Å². The Kier molecular flexibility index (Phi) is 8.58. The molecule has 2 aromatic carbocycles. The van der Waals surface area contributed by atoms with Crippen molar-refractivity contribution in [2.24, 2.45) is 0 Å². The van der Waals surface area contributed by atoms with Gasteiger partial charge in [-0.3, -0.25) is 4.98 Å². The Bertz CT molecular complexity index is 1540. The molecule has 8 nitrogen and oxygen atoms in total. The predicted octanol–water partition coefficient (Wildman–Crippen LogP) is 5.12. The van der Waals surface area contributed by atoms with E-state index in [1.165, 1.54) is 0 Å². The van der Waals surface area contributed by atoms with Crippen molar-refractivity contribution in [1.29, 1.82) is 5.26 Å². The maximum Gasteiger partial charge on any atom is 0.217 e. The molecule has 0 aliphatic carbocycles. The molecule has 0 aliphatic rings. The molecule has 0 saturated heterocycles. The average molecular weight is 541 g/mol. The van der Waals surface area contributed by atoms with Gasteiger partial charge in [-0.15, -0.1) is 0 Å². The van der Waals surface area contributed by atoms with Crippen molar-refractivity contribution in [2.75, 3.05) is 42.0 Å². The number of para-hydroxylation sites is 1. The molecule has 0 bridgehead atoms. The molecule has 40 heavy (non-hydrogen) atoms. The smallest absolute Gasteiger partial charge is 0.217 e. The van der Waals surface area contributed by atoms with E-state index in [1.54, 1.807) is 39.5 Å². The molecule has 1 N–H and O–H groups in total. The molecule has 8 heteroatoms. The first kappa shape index (κ1) is 28.8. The van der Waals surface area contributed by atoms with Crippen LogP contribution in [-0.2, 0) is 5.60 Å². The zero-order valence-corrected chi connectivity index (χ0v) is 24.1. The Morgan fingerprint density at radius 1 is 0.925 bits per heavy atom. The van der Waals surface area contributed by atoms with Crippen molar-refractivity contribution >= 4 is 10.9 Å². The Morgan fingerprint density at radius 3 is 2.25 bits per heavy atom. The van der Waals surface area contributed by atoms with Crippen LogP contribution in [0.3, 0.4) is 0 Å². The third kappa shape index (κ3) is 5.57. The summed E-state index contributed by atoms with van der Waals surface area (Å²) in [7, 11) is 8.71. The van der Waals surface area contributed by atoms with Gasteiger partial charge in [-0.05, 0) is 82.4 Å². The normalized spacial score (nSPS) is 13.5. The van der Waals surface area contributed by atoms with Gasteiger partial charge in [-0.2, -0.15) is 5.26 Å². The highest BCUT2D eigenvalue weighted by molar-refractivity contribution is 5.82. The Balaban J connectivity index is 2.14. The molecular weight excluding hydrogens is 504 g/mol. The number of benzene rings is 2. The van der Waals surface area contributed by atoms with Gasteiger partial charge in [-0.25, -0.2) is 4.98 Å². The van der Waals surface area contributed by atoms with Crippen molar-refractivity contribution in [1.82, 2.24) is 14.9 Å². The maximum atomic E-state index is 13.0. The Labute approximate surface area is 235 Å². The summed E-state index contributed by atoms with van der Waals surface area (Å²) in [4.78, 5) is 11.4. The summed E-state index contributed by atoms with van der Waals surface area (Å²) in [5.41, 5.74) is 3.46. The number of nitriles is 1. The zero-order chi connectivity index (χ0) is 29.0. The molecule has 2 atom stereocenters. The van der Waals surface area contributed by atoms with Crippen molar-refractivity contribution in [3.63, 3.8) is 0 Å². The van der Waals surface area contributed by atoms with Crippen LogP contribution in [0.1, 0.15) is 46.0 Å². The van der Waals surface area contributed by atoms with Crippen LogP contribution in [0.25, 0.3) is 10.9 Å². The van der Waals surface area contributed by atoms with E-state index in [2.05, 4.69) is 11.1 Å². The molecule has 4 aromatic rings. The van der Waals surface area contributed by atoms with Gasteiger partial charge in [0.2, 0.25) is 5.88 Å². The molecule has 0 spiro atoms. The Hall–Kier alpha value is -4.19. The van der Waals surface area contributed by atoms with Crippen LogP contribution in [0, 0.1) is 25.2 Å². The van der Waals surface area contributed by atoms with Crippen LogP contribution in [0.15, 0.2) is 54.6 Å². The molecule has 0 fully saturated rings. The van der Waals surface area contributed by atoms with E-state index in [1.807, 2.05) is 69.2 Å².